The van der Waals surface area contributed by atoms with Crippen molar-refractivity contribution in [1.29, 1.82) is 0 Å². The van der Waals surface area contributed by atoms with Crippen LogP contribution < -0.4 is 10.6 Å². The molecule has 0 aliphatic carbocycles. The van der Waals surface area contributed by atoms with Gasteiger partial charge in [0.2, 0.25) is 5.91 Å². The van der Waals surface area contributed by atoms with Gasteiger partial charge in [-0.3, -0.25) is 9.59 Å². The number of carbonyl (C=O) groups is 3. The molecule has 1 heterocycles. The maximum absolute atomic E-state index is 13.2. The second-order valence-electron chi connectivity index (χ2n) is 8.06. The number of carbonyl (C=O) groups excluding carboxylic acids is 2. The highest BCUT2D eigenvalue weighted by Gasteiger charge is 2.28. The number of rotatable bonds is 7. The number of halogens is 4. The minimum absolute atomic E-state index is 0.0325. The number of aromatic nitrogens is 1. The smallest absolute Gasteiger partial charge is 0.337 e. The van der Waals surface area contributed by atoms with E-state index in [0.717, 1.165) is 31.4 Å². The standard InChI is InChI=1S/C25H17Br4N3O4S2/c1-10-3-4-12(7-11(10)2)30-16(33)9-37-25-32-14-6-5-13(8-15(14)38-25)31-23(34)17-18(24(35)36)20(27)22(29)21(28)19(17)26/h3-8H,9H2,1-2H3,(H,30,33)(H,31,34)(H,35,36). The maximum atomic E-state index is 13.2. The number of hydrogen-bond donors (Lipinski definition) is 3. The molecule has 0 saturated heterocycles. The zero-order valence-corrected chi connectivity index (χ0v) is 27.6. The van der Waals surface area contributed by atoms with Crippen LogP contribution in [0.15, 0.2) is 58.6 Å². The molecule has 7 nitrogen and oxygen atoms in total. The summed E-state index contributed by atoms with van der Waals surface area (Å²) in [5.41, 5.74) is 4.02. The van der Waals surface area contributed by atoms with Crippen LogP contribution in [0.2, 0.25) is 0 Å². The zero-order chi connectivity index (χ0) is 27.7. The minimum Gasteiger partial charge on any atom is -0.478 e. The summed E-state index contributed by atoms with van der Waals surface area (Å²) in [5.74, 6) is -1.77. The van der Waals surface area contributed by atoms with Crippen molar-refractivity contribution in [1.82, 2.24) is 4.98 Å². The van der Waals surface area contributed by atoms with Crippen LogP contribution in [0.25, 0.3) is 10.2 Å². The predicted molar refractivity (Wildman–Crippen MR) is 167 cm³/mol. The maximum Gasteiger partial charge on any atom is 0.337 e. The Kier molecular flexibility index (Phi) is 9.36. The van der Waals surface area contributed by atoms with Crippen LogP contribution in [0, 0.1) is 13.8 Å². The van der Waals surface area contributed by atoms with E-state index < -0.39 is 11.9 Å². The summed E-state index contributed by atoms with van der Waals surface area (Å²) < 4.78 is 3.05. The number of thioether (sulfide) groups is 1. The van der Waals surface area contributed by atoms with Crippen molar-refractivity contribution in [2.24, 2.45) is 0 Å². The van der Waals surface area contributed by atoms with Gasteiger partial charge in [-0.1, -0.05) is 17.8 Å². The summed E-state index contributed by atoms with van der Waals surface area (Å²) >= 11 is 16.0. The first-order chi connectivity index (χ1) is 18.0. The number of thiazole rings is 1. The van der Waals surface area contributed by atoms with Gasteiger partial charge in [-0.15, -0.1) is 11.3 Å². The lowest BCUT2D eigenvalue weighted by Crippen LogP contribution is -2.18. The lowest BCUT2D eigenvalue weighted by atomic mass is 10.1. The van der Waals surface area contributed by atoms with E-state index in [1.165, 1.54) is 23.1 Å². The van der Waals surface area contributed by atoms with Crippen molar-refractivity contribution in [3.8, 4) is 0 Å². The van der Waals surface area contributed by atoms with Gasteiger partial charge in [0, 0.05) is 29.3 Å². The number of aromatic carboxylic acids is 1. The molecule has 0 bridgehead atoms. The summed E-state index contributed by atoms with van der Waals surface area (Å²) in [4.78, 5) is 42.1. The van der Waals surface area contributed by atoms with Gasteiger partial charge in [-0.25, -0.2) is 9.78 Å². The molecule has 2 amide bonds. The van der Waals surface area contributed by atoms with Gasteiger partial charge >= 0.3 is 5.97 Å². The van der Waals surface area contributed by atoms with Crippen molar-refractivity contribution >= 4 is 126 Å². The average molecular weight is 807 g/mol. The number of carboxylic acids is 1. The largest absolute Gasteiger partial charge is 0.478 e. The van der Waals surface area contributed by atoms with E-state index in [1.54, 1.807) is 18.2 Å². The Morgan fingerprint density at radius 2 is 1.50 bits per heavy atom. The Balaban J connectivity index is 1.49. The molecule has 0 saturated carbocycles. The molecular formula is C25H17Br4N3O4S2. The van der Waals surface area contributed by atoms with Gasteiger partial charge in [-0.05, 0) is 119 Å². The molecule has 0 unspecified atom stereocenters. The van der Waals surface area contributed by atoms with Crippen molar-refractivity contribution in [2.75, 3.05) is 16.4 Å². The summed E-state index contributed by atoms with van der Waals surface area (Å²) in [6, 6.07) is 11.0. The molecular weight excluding hydrogens is 790 g/mol. The van der Waals surface area contributed by atoms with Crippen molar-refractivity contribution in [3.63, 3.8) is 0 Å². The molecule has 0 radical (unpaired) electrons. The molecule has 0 spiro atoms. The number of anilines is 2. The molecule has 0 fully saturated rings. The highest BCUT2D eigenvalue weighted by molar-refractivity contribution is 9.15. The van der Waals surface area contributed by atoms with Crippen LogP contribution >= 0.6 is 86.8 Å². The minimum atomic E-state index is -1.25. The molecule has 196 valence electrons. The molecule has 4 aromatic rings. The van der Waals surface area contributed by atoms with Crippen LogP contribution in [0.4, 0.5) is 11.4 Å². The Hall–Kier alpha value is -1.77. The van der Waals surface area contributed by atoms with Crippen LogP contribution in [0.5, 0.6) is 0 Å². The Bertz CT molecular complexity index is 1620. The van der Waals surface area contributed by atoms with Crippen molar-refractivity contribution in [2.45, 2.75) is 18.2 Å². The number of nitrogens with one attached hydrogen (secondary N) is 2. The number of benzene rings is 3. The van der Waals surface area contributed by atoms with E-state index in [4.69, 9.17) is 0 Å². The molecule has 0 atom stereocenters. The summed E-state index contributed by atoms with van der Waals surface area (Å²) in [6.07, 6.45) is 0. The molecule has 13 heteroatoms. The zero-order valence-electron chi connectivity index (χ0n) is 19.6. The van der Waals surface area contributed by atoms with E-state index in [1.807, 2.05) is 32.0 Å². The van der Waals surface area contributed by atoms with Gasteiger partial charge in [0.25, 0.3) is 5.91 Å². The Morgan fingerprint density at radius 1 is 0.868 bits per heavy atom. The van der Waals surface area contributed by atoms with Gasteiger partial charge in [-0.2, -0.15) is 0 Å². The topological polar surface area (TPSA) is 108 Å². The van der Waals surface area contributed by atoms with Gasteiger partial charge < -0.3 is 15.7 Å². The first kappa shape index (κ1) is 29.2. The van der Waals surface area contributed by atoms with Crippen LogP contribution in [-0.4, -0.2) is 33.6 Å². The number of nitrogens with zero attached hydrogens (tertiary/aromatic N) is 1. The molecule has 4 rings (SSSR count). The van der Waals surface area contributed by atoms with Crippen LogP contribution in [0.3, 0.4) is 0 Å². The summed E-state index contributed by atoms with van der Waals surface area (Å²) in [7, 11) is 0. The fourth-order valence-electron chi connectivity index (χ4n) is 3.43. The normalized spacial score (nSPS) is 11.0. The third kappa shape index (κ3) is 6.34. The van der Waals surface area contributed by atoms with Gasteiger partial charge in [0.15, 0.2) is 4.34 Å². The van der Waals surface area contributed by atoms with E-state index in [9.17, 15) is 19.5 Å². The highest BCUT2D eigenvalue weighted by Crippen LogP contribution is 2.42. The third-order valence-electron chi connectivity index (χ3n) is 5.45. The molecule has 1 aromatic heterocycles. The monoisotopic (exact) mass is 803 g/mol. The van der Waals surface area contributed by atoms with E-state index in [2.05, 4.69) is 79.3 Å². The second-order valence-corrected chi connectivity index (χ2v) is 13.5. The molecule has 3 N–H and O–H groups in total. The average Bonchev–Trinajstić information content (AvgIpc) is 3.27. The Morgan fingerprint density at radius 3 is 2.16 bits per heavy atom. The lowest BCUT2D eigenvalue weighted by molar-refractivity contribution is -0.113. The number of amides is 2. The first-order valence-electron chi connectivity index (χ1n) is 10.8. The molecule has 0 aliphatic heterocycles. The highest BCUT2D eigenvalue weighted by atomic mass is 79.9. The Labute approximate surface area is 259 Å². The second kappa shape index (κ2) is 12.2. The van der Waals surface area contributed by atoms with Crippen LogP contribution in [-0.2, 0) is 4.79 Å². The summed E-state index contributed by atoms with van der Waals surface area (Å²) in [6.45, 7) is 4.02. The van der Waals surface area contributed by atoms with E-state index in [0.29, 0.717) is 19.1 Å². The predicted octanol–water partition coefficient (Wildman–Crippen LogP) is 8.64. The van der Waals surface area contributed by atoms with E-state index >= 15 is 0 Å². The lowest BCUT2D eigenvalue weighted by Gasteiger charge is -2.14. The molecule has 38 heavy (non-hydrogen) atoms. The summed E-state index contributed by atoms with van der Waals surface area (Å²) in [5, 5.41) is 15.4. The van der Waals surface area contributed by atoms with Crippen molar-refractivity contribution in [3.05, 3.63) is 76.5 Å². The fraction of sp³-hybridized carbons (Fsp3) is 0.120. The molecule has 0 aliphatic rings. The van der Waals surface area contributed by atoms with Gasteiger partial charge in [0.05, 0.1) is 27.1 Å². The quantitative estimate of drug-likeness (QED) is 0.0981. The SMILES string of the molecule is Cc1ccc(NC(=O)CSc2nc3ccc(NC(=O)c4c(Br)c(Br)c(Br)c(Br)c4C(=O)O)cc3s2)cc1C. The number of aryl methyl sites for hydroxylation is 2. The fourth-order valence-corrected chi connectivity index (χ4v) is 7.80. The first-order valence-corrected chi connectivity index (χ1v) is 15.7. The number of hydrogen-bond acceptors (Lipinski definition) is 6. The third-order valence-corrected chi connectivity index (χ3v) is 12.4. The van der Waals surface area contributed by atoms with Crippen molar-refractivity contribution < 1.29 is 19.5 Å². The molecule has 3 aromatic carbocycles. The number of fused-ring (bicyclic) bond motifs is 1. The van der Waals surface area contributed by atoms with Gasteiger partial charge in [0.1, 0.15) is 0 Å². The number of carboxylic acid groups (broad SMARTS) is 1. The van der Waals surface area contributed by atoms with Crippen LogP contribution in [0.1, 0.15) is 31.8 Å². The van der Waals surface area contributed by atoms with E-state index in [-0.39, 0.29) is 27.3 Å².